The lowest BCUT2D eigenvalue weighted by Gasteiger charge is -2.32. The fraction of sp³-hybridized carbons (Fsp3) is 0.562. The molecule has 1 aromatic carbocycles. The fourth-order valence-electron chi connectivity index (χ4n) is 2.39. The number of anilines is 1. The Labute approximate surface area is 121 Å². The van der Waals surface area contributed by atoms with Gasteiger partial charge in [-0.15, -0.1) is 0 Å². The van der Waals surface area contributed by atoms with Crippen LogP contribution in [0.25, 0.3) is 0 Å². The van der Waals surface area contributed by atoms with Crippen molar-refractivity contribution in [1.82, 2.24) is 4.90 Å². The number of hydrogen-bond acceptors (Lipinski definition) is 2. The summed E-state index contributed by atoms with van der Waals surface area (Å²) in [5, 5.41) is 0. The van der Waals surface area contributed by atoms with Gasteiger partial charge < -0.3 is 10.6 Å². The minimum Gasteiger partial charge on any atom is -0.398 e. The minimum atomic E-state index is -0.434. The SMILES string of the molecule is CCC(CC)N(CC(C)C)C(=O)c1cc(F)ccc1N. The Kier molecular flexibility index (Phi) is 5.99. The molecule has 0 aliphatic rings. The van der Waals surface area contributed by atoms with Crippen LogP contribution in [-0.2, 0) is 0 Å². The summed E-state index contributed by atoms with van der Waals surface area (Å²) in [6.07, 6.45) is 1.76. The number of hydrogen-bond donors (Lipinski definition) is 1. The molecule has 0 aliphatic carbocycles. The molecular weight excluding hydrogens is 255 g/mol. The quantitative estimate of drug-likeness (QED) is 0.808. The van der Waals surface area contributed by atoms with E-state index in [1.807, 2.05) is 4.90 Å². The van der Waals surface area contributed by atoms with Gasteiger partial charge in [-0.05, 0) is 37.0 Å². The zero-order valence-corrected chi connectivity index (χ0v) is 12.8. The number of halogens is 1. The van der Waals surface area contributed by atoms with Crippen LogP contribution in [0.4, 0.5) is 10.1 Å². The maximum absolute atomic E-state index is 13.4. The Morgan fingerprint density at radius 3 is 2.40 bits per heavy atom. The van der Waals surface area contributed by atoms with Gasteiger partial charge in [-0.1, -0.05) is 27.7 Å². The van der Waals surface area contributed by atoms with Crippen LogP contribution in [0.5, 0.6) is 0 Å². The van der Waals surface area contributed by atoms with Gasteiger partial charge in [0.05, 0.1) is 5.56 Å². The van der Waals surface area contributed by atoms with E-state index in [1.165, 1.54) is 18.2 Å². The smallest absolute Gasteiger partial charge is 0.256 e. The number of benzene rings is 1. The zero-order valence-electron chi connectivity index (χ0n) is 12.8. The first kappa shape index (κ1) is 16.5. The van der Waals surface area contributed by atoms with Crippen LogP contribution < -0.4 is 5.73 Å². The second-order valence-electron chi connectivity index (χ2n) is 5.55. The average Bonchev–Trinajstić information content (AvgIpc) is 2.40. The summed E-state index contributed by atoms with van der Waals surface area (Å²) in [4.78, 5) is 14.5. The summed E-state index contributed by atoms with van der Waals surface area (Å²) >= 11 is 0. The Balaban J connectivity index is 3.12. The van der Waals surface area contributed by atoms with Gasteiger partial charge >= 0.3 is 0 Å². The lowest BCUT2D eigenvalue weighted by atomic mass is 10.0. The van der Waals surface area contributed by atoms with Crippen molar-refractivity contribution in [1.29, 1.82) is 0 Å². The van der Waals surface area contributed by atoms with Crippen LogP contribution in [-0.4, -0.2) is 23.4 Å². The summed E-state index contributed by atoms with van der Waals surface area (Å²) in [6, 6.07) is 4.11. The number of rotatable bonds is 6. The first-order valence-corrected chi connectivity index (χ1v) is 7.26. The molecule has 0 fully saturated rings. The molecule has 112 valence electrons. The van der Waals surface area contributed by atoms with E-state index in [0.717, 1.165) is 12.8 Å². The molecule has 0 atom stereocenters. The molecule has 0 bridgehead atoms. The van der Waals surface area contributed by atoms with E-state index in [-0.39, 0.29) is 17.5 Å². The molecule has 20 heavy (non-hydrogen) atoms. The van der Waals surface area contributed by atoms with Gasteiger partial charge in [0.2, 0.25) is 0 Å². The number of nitrogens with zero attached hydrogens (tertiary/aromatic N) is 1. The third kappa shape index (κ3) is 3.95. The van der Waals surface area contributed by atoms with Gasteiger partial charge in [0.25, 0.3) is 5.91 Å². The second-order valence-corrected chi connectivity index (χ2v) is 5.55. The van der Waals surface area contributed by atoms with E-state index in [4.69, 9.17) is 5.73 Å². The molecule has 3 nitrogen and oxygen atoms in total. The summed E-state index contributed by atoms with van der Waals surface area (Å²) in [7, 11) is 0. The van der Waals surface area contributed by atoms with Crippen molar-refractivity contribution in [3.05, 3.63) is 29.6 Å². The maximum atomic E-state index is 13.4. The highest BCUT2D eigenvalue weighted by Crippen LogP contribution is 2.20. The third-order valence-corrected chi connectivity index (χ3v) is 3.45. The number of carbonyl (C=O) groups excluding carboxylic acids is 1. The Morgan fingerprint density at radius 1 is 1.30 bits per heavy atom. The molecule has 0 unspecified atom stereocenters. The van der Waals surface area contributed by atoms with E-state index in [9.17, 15) is 9.18 Å². The van der Waals surface area contributed by atoms with Crippen molar-refractivity contribution in [3.8, 4) is 0 Å². The van der Waals surface area contributed by atoms with Crippen molar-refractivity contribution in [2.75, 3.05) is 12.3 Å². The van der Waals surface area contributed by atoms with Crippen molar-refractivity contribution >= 4 is 11.6 Å². The molecule has 2 N–H and O–H groups in total. The highest BCUT2D eigenvalue weighted by molar-refractivity contribution is 5.99. The first-order chi connectivity index (χ1) is 9.40. The maximum Gasteiger partial charge on any atom is 0.256 e. The third-order valence-electron chi connectivity index (χ3n) is 3.45. The molecule has 0 spiro atoms. The lowest BCUT2D eigenvalue weighted by Crippen LogP contribution is -2.42. The highest BCUT2D eigenvalue weighted by atomic mass is 19.1. The predicted octanol–water partition coefficient (Wildman–Crippen LogP) is 3.69. The summed E-state index contributed by atoms with van der Waals surface area (Å²) in [5.74, 6) is -0.254. The molecular formula is C16H25FN2O. The van der Waals surface area contributed by atoms with Crippen molar-refractivity contribution in [3.63, 3.8) is 0 Å². The van der Waals surface area contributed by atoms with Crippen LogP contribution in [0.3, 0.4) is 0 Å². The van der Waals surface area contributed by atoms with Crippen LogP contribution >= 0.6 is 0 Å². The van der Waals surface area contributed by atoms with Crippen molar-refractivity contribution < 1.29 is 9.18 Å². The van der Waals surface area contributed by atoms with Gasteiger partial charge in [0.1, 0.15) is 5.82 Å². The molecule has 1 aromatic rings. The number of nitrogens with two attached hydrogens (primary N) is 1. The van der Waals surface area contributed by atoms with E-state index in [2.05, 4.69) is 27.7 Å². The predicted molar refractivity (Wildman–Crippen MR) is 81.1 cm³/mol. The molecule has 1 rings (SSSR count). The van der Waals surface area contributed by atoms with E-state index in [0.29, 0.717) is 18.2 Å². The molecule has 0 saturated heterocycles. The topological polar surface area (TPSA) is 46.3 Å². The Morgan fingerprint density at radius 2 is 1.90 bits per heavy atom. The van der Waals surface area contributed by atoms with E-state index >= 15 is 0 Å². The average molecular weight is 280 g/mol. The molecule has 0 heterocycles. The molecule has 1 amide bonds. The van der Waals surface area contributed by atoms with Gasteiger partial charge in [-0.3, -0.25) is 4.79 Å². The largest absolute Gasteiger partial charge is 0.398 e. The van der Waals surface area contributed by atoms with E-state index < -0.39 is 5.82 Å². The fourth-order valence-corrected chi connectivity index (χ4v) is 2.39. The Hall–Kier alpha value is -1.58. The van der Waals surface area contributed by atoms with Gasteiger partial charge in [-0.2, -0.15) is 0 Å². The van der Waals surface area contributed by atoms with Crippen LogP contribution in [0.2, 0.25) is 0 Å². The molecule has 0 aromatic heterocycles. The highest BCUT2D eigenvalue weighted by Gasteiger charge is 2.24. The normalized spacial score (nSPS) is 11.2. The lowest BCUT2D eigenvalue weighted by molar-refractivity contribution is 0.0641. The summed E-state index contributed by atoms with van der Waals surface area (Å²) in [5.41, 5.74) is 6.42. The molecule has 0 saturated carbocycles. The first-order valence-electron chi connectivity index (χ1n) is 7.26. The van der Waals surface area contributed by atoms with Crippen LogP contribution in [0, 0.1) is 11.7 Å². The molecule has 0 radical (unpaired) electrons. The van der Waals surface area contributed by atoms with Crippen molar-refractivity contribution in [2.24, 2.45) is 5.92 Å². The van der Waals surface area contributed by atoms with Crippen LogP contribution in [0.1, 0.15) is 50.9 Å². The van der Waals surface area contributed by atoms with Crippen LogP contribution in [0.15, 0.2) is 18.2 Å². The van der Waals surface area contributed by atoms with Gasteiger partial charge in [0.15, 0.2) is 0 Å². The number of nitrogen functional groups attached to an aromatic ring is 1. The Bertz CT molecular complexity index is 456. The zero-order chi connectivity index (χ0) is 15.3. The number of amides is 1. The molecule has 0 aliphatic heterocycles. The van der Waals surface area contributed by atoms with Gasteiger partial charge in [0, 0.05) is 18.3 Å². The van der Waals surface area contributed by atoms with E-state index in [1.54, 1.807) is 0 Å². The van der Waals surface area contributed by atoms with Crippen molar-refractivity contribution in [2.45, 2.75) is 46.6 Å². The molecule has 4 heteroatoms. The van der Waals surface area contributed by atoms with Gasteiger partial charge in [-0.25, -0.2) is 4.39 Å². The minimum absolute atomic E-state index is 0.160. The number of carbonyl (C=O) groups is 1. The standard InChI is InChI=1S/C16H25FN2O/c1-5-13(6-2)19(10-11(3)4)16(20)14-9-12(17)7-8-15(14)18/h7-9,11,13H,5-6,10,18H2,1-4H3. The summed E-state index contributed by atoms with van der Waals surface area (Å²) < 4.78 is 13.4. The second kappa shape index (κ2) is 7.27. The monoisotopic (exact) mass is 280 g/mol. The summed E-state index contributed by atoms with van der Waals surface area (Å²) in [6.45, 7) is 8.91.